The van der Waals surface area contributed by atoms with Crippen LogP contribution in [0.4, 0.5) is 0 Å². The Balaban J connectivity index is 4.03. The summed E-state index contributed by atoms with van der Waals surface area (Å²) in [6.07, 6.45) is 5.68. The molecule has 0 heterocycles. The zero-order chi connectivity index (χ0) is 12.7. The van der Waals surface area contributed by atoms with E-state index in [4.69, 9.17) is 4.74 Å². The van der Waals surface area contributed by atoms with E-state index in [9.17, 15) is 0 Å². The highest BCUT2D eigenvalue weighted by molar-refractivity contribution is 4.80. The third-order valence-corrected chi connectivity index (χ3v) is 4.01. The molecule has 0 aromatic carbocycles. The summed E-state index contributed by atoms with van der Waals surface area (Å²) in [5.74, 6) is 0. The number of nitrogens with one attached hydrogen (secondary N) is 1. The van der Waals surface area contributed by atoms with E-state index in [-0.39, 0.29) is 11.1 Å². The lowest BCUT2D eigenvalue weighted by Gasteiger charge is -2.32. The summed E-state index contributed by atoms with van der Waals surface area (Å²) in [6.45, 7) is 12.0. The Labute approximate surface area is 102 Å². The lowest BCUT2D eigenvalue weighted by molar-refractivity contribution is -0.0480. The Morgan fingerprint density at radius 2 is 1.62 bits per heavy atom. The SMILES string of the molecule is CCCC(C)(CC)OCCC(C)(CC)NC. The van der Waals surface area contributed by atoms with E-state index < -0.39 is 0 Å². The highest BCUT2D eigenvalue weighted by Crippen LogP contribution is 2.23. The molecule has 1 N–H and O–H groups in total. The normalized spacial score (nSPS) is 19.1. The minimum atomic E-state index is 0.0805. The maximum absolute atomic E-state index is 6.08. The molecule has 0 saturated carbocycles. The molecule has 98 valence electrons. The zero-order valence-corrected chi connectivity index (χ0v) is 12.2. The number of rotatable bonds is 9. The molecule has 0 aromatic heterocycles. The van der Waals surface area contributed by atoms with E-state index in [2.05, 4.69) is 39.9 Å². The van der Waals surface area contributed by atoms with Crippen LogP contribution >= 0.6 is 0 Å². The molecule has 2 unspecified atom stereocenters. The molecule has 2 heteroatoms. The van der Waals surface area contributed by atoms with Crippen molar-refractivity contribution in [2.75, 3.05) is 13.7 Å². The summed E-state index contributed by atoms with van der Waals surface area (Å²) in [4.78, 5) is 0. The van der Waals surface area contributed by atoms with E-state index in [1.165, 1.54) is 6.42 Å². The van der Waals surface area contributed by atoms with Gasteiger partial charge >= 0.3 is 0 Å². The van der Waals surface area contributed by atoms with E-state index in [1.807, 2.05) is 7.05 Å². The summed E-state index contributed by atoms with van der Waals surface area (Å²) in [5.41, 5.74) is 0.304. The second kappa shape index (κ2) is 7.29. The van der Waals surface area contributed by atoms with Crippen molar-refractivity contribution in [2.24, 2.45) is 0 Å². The van der Waals surface area contributed by atoms with Gasteiger partial charge in [-0.05, 0) is 46.6 Å². The van der Waals surface area contributed by atoms with Gasteiger partial charge in [0.2, 0.25) is 0 Å². The van der Waals surface area contributed by atoms with Crippen LogP contribution in [0.15, 0.2) is 0 Å². The zero-order valence-electron chi connectivity index (χ0n) is 12.2. The first-order valence-electron chi connectivity index (χ1n) is 6.78. The maximum Gasteiger partial charge on any atom is 0.0651 e. The van der Waals surface area contributed by atoms with Gasteiger partial charge in [0.1, 0.15) is 0 Å². The monoisotopic (exact) mass is 229 g/mol. The topological polar surface area (TPSA) is 21.3 Å². The molecule has 0 spiro atoms. The van der Waals surface area contributed by atoms with Crippen LogP contribution in [0, 0.1) is 0 Å². The van der Waals surface area contributed by atoms with Crippen LogP contribution in [0.2, 0.25) is 0 Å². The van der Waals surface area contributed by atoms with E-state index in [0.29, 0.717) is 0 Å². The van der Waals surface area contributed by atoms with Gasteiger partial charge in [0.25, 0.3) is 0 Å². The molecule has 0 saturated heterocycles. The predicted octanol–water partition coefficient (Wildman–Crippen LogP) is 3.75. The summed E-state index contributed by atoms with van der Waals surface area (Å²) >= 11 is 0. The number of ether oxygens (including phenoxy) is 1. The quantitative estimate of drug-likeness (QED) is 0.650. The predicted molar refractivity (Wildman–Crippen MR) is 71.9 cm³/mol. The maximum atomic E-state index is 6.08. The van der Waals surface area contributed by atoms with Crippen molar-refractivity contribution in [3.63, 3.8) is 0 Å². The average molecular weight is 229 g/mol. The minimum Gasteiger partial charge on any atom is -0.375 e. The Morgan fingerprint density at radius 1 is 1.00 bits per heavy atom. The summed E-state index contributed by atoms with van der Waals surface area (Å²) in [5, 5.41) is 3.38. The van der Waals surface area contributed by atoms with Crippen molar-refractivity contribution < 1.29 is 4.74 Å². The van der Waals surface area contributed by atoms with E-state index in [1.54, 1.807) is 0 Å². The molecule has 2 atom stereocenters. The Bertz CT molecular complexity index is 178. The minimum absolute atomic E-state index is 0.0805. The molecule has 0 fully saturated rings. The summed E-state index contributed by atoms with van der Waals surface area (Å²) in [7, 11) is 2.04. The molecule has 0 rings (SSSR count). The van der Waals surface area contributed by atoms with Crippen LogP contribution < -0.4 is 5.32 Å². The van der Waals surface area contributed by atoms with Crippen molar-refractivity contribution in [3.8, 4) is 0 Å². The van der Waals surface area contributed by atoms with Gasteiger partial charge in [-0.3, -0.25) is 0 Å². The molecule has 0 amide bonds. The smallest absolute Gasteiger partial charge is 0.0651 e. The summed E-state index contributed by atoms with van der Waals surface area (Å²) in [6, 6.07) is 0. The summed E-state index contributed by atoms with van der Waals surface area (Å²) < 4.78 is 6.08. The molecule has 16 heavy (non-hydrogen) atoms. The highest BCUT2D eigenvalue weighted by Gasteiger charge is 2.24. The van der Waals surface area contributed by atoms with Crippen LogP contribution in [0.5, 0.6) is 0 Å². The van der Waals surface area contributed by atoms with Gasteiger partial charge in [0.15, 0.2) is 0 Å². The van der Waals surface area contributed by atoms with Crippen molar-refractivity contribution in [1.82, 2.24) is 5.32 Å². The van der Waals surface area contributed by atoms with Crippen LogP contribution in [0.3, 0.4) is 0 Å². The number of hydrogen-bond donors (Lipinski definition) is 1. The lowest BCUT2D eigenvalue weighted by Crippen LogP contribution is -2.41. The fourth-order valence-electron chi connectivity index (χ4n) is 1.88. The van der Waals surface area contributed by atoms with Crippen LogP contribution in [0.1, 0.15) is 66.7 Å². The molecule has 0 aliphatic heterocycles. The van der Waals surface area contributed by atoms with Gasteiger partial charge in [-0.1, -0.05) is 27.2 Å². The van der Waals surface area contributed by atoms with Crippen molar-refractivity contribution in [1.29, 1.82) is 0 Å². The Morgan fingerprint density at radius 3 is 2.00 bits per heavy atom. The molecule has 2 nitrogen and oxygen atoms in total. The molecule has 0 radical (unpaired) electrons. The average Bonchev–Trinajstić information content (AvgIpc) is 2.29. The third-order valence-electron chi connectivity index (χ3n) is 4.01. The lowest BCUT2D eigenvalue weighted by atomic mass is 9.94. The Kier molecular flexibility index (Phi) is 7.25. The van der Waals surface area contributed by atoms with Crippen LogP contribution in [0.25, 0.3) is 0 Å². The van der Waals surface area contributed by atoms with Crippen molar-refractivity contribution in [2.45, 2.75) is 77.9 Å². The molecular weight excluding hydrogens is 198 g/mol. The fraction of sp³-hybridized carbons (Fsp3) is 1.00. The van der Waals surface area contributed by atoms with Crippen LogP contribution in [-0.2, 0) is 4.74 Å². The molecular formula is C14H31NO. The van der Waals surface area contributed by atoms with E-state index >= 15 is 0 Å². The first kappa shape index (κ1) is 15.9. The van der Waals surface area contributed by atoms with Gasteiger partial charge < -0.3 is 10.1 Å². The second-order valence-corrected chi connectivity index (χ2v) is 5.32. The molecule has 0 aliphatic carbocycles. The fourth-order valence-corrected chi connectivity index (χ4v) is 1.88. The van der Waals surface area contributed by atoms with Gasteiger partial charge in [0, 0.05) is 12.1 Å². The van der Waals surface area contributed by atoms with Crippen molar-refractivity contribution in [3.05, 3.63) is 0 Å². The molecule has 0 bridgehead atoms. The third kappa shape index (κ3) is 5.31. The molecule has 0 aromatic rings. The van der Waals surface area contributed by atoms with Gasteiger partial charge in [0.05, 0.1) is 5.60 Å². The van der Waals surface area contributed by atoms with Gasteiger partial charge in [-0.15, -0.1) is 0 Å². The Hall–Kier alpha value is -0.0800. The highest BCUT2D eigenvalue weighted by atomic mass is 16.5. The second-order valence-electron chi connectivity index (χ2n) is 5.32. The standard InChI is InChI=1S/C14H31NO/c1-7-10-14(5,9-3)16-12-11-13(4,8-2)15-6/h15H,7-12H2,1-6H3. The number of hydrogen-bond acceptors (Lipinski definition) is 2. The van der Waals surface area contributed by atoms with Crippen LogP contribution in [-0.4, -0.2) is 24.8 Å². The van der Waals surface area contributed by atoms with Crippen molar-refractivity contribution >= 4 is 0 Å². The first-order chi connectivity index (χ1) is 7.45. The first-order valence-corrected chi connectivity index (χ1v) is 6.78. The molecule has 0 aliphatic rings. The van der Waals surface area contributed by atoms with Gasteiger partial charge in [-0.25, -0.2) is 0 Å². The largest absolute Gasteiger partial charge is 0.375 e. The van der Waals surface area contributed by atoms with E-state index in [0.717, 1.165) is 32.3 Å². The van der Waals surface area contributed by atoms with Gasteiger partial charge in [-0.2, -0.15) is 0 Å².